The highest BCUT2D eigenvalue weighted by atomic mass is 15.3. The zero-order valence-corrected chi connectivity index (χ0v) is 12.2. The first-order chi connectivity index (χ1) is 9.11. The number of aromatic nitrogens is 4. The molecule has 2 aromatic heterocycles. The van der Waals surface area contributed by atoms with Gasteiger partial charge in [0.15, 0.2) is 0 Å². The van der Waals surface area contributed by atoms with Gasteiger partial charge in [-0.2, -0.15) is 10.2 Å². The average molecular weight is 261 g/mol. The highest BCUT2D eigenvalue weighted by Gasteiger charge is 2.08. The van der Waals surface area contributed by atoms with Crippen LogP contribution < -0.4 is 5.32 Å². The van der Waals surface area contributed by atoms with Gasteiger partial charge in [-0.25, -0.2) is 0 Å². The van der Waals surface area contributed by atoms with Crippen LogP contribution in [0.2, 0.25) is 0 Å². The molecule has 19 heavy (non-hydrogen) atoms. The van der Waals surface area contributed by atoms with Crippen LogP contribution in [0.15, 0.2) is 24.7 Å². The van der Waals surface area contributed by atoms with E-state index in [1.165, 1.54) is 5.69 Å². The Morgan fingerprint density at radius 1 is 1.26 bits per heavy atom. The maximum Gasteiger partial charge on any atom is 0.0729 e. The Morgan fingerprint density at radius 3 is 2.68 bits per heavy atom. The van der Waals surface area contributed by atoms with E-state index in [4.69, 9.17) is 0 Å². The van der Waals surface area contributed by atoms with E-state index in [2.05, 4.69) is 54.0 Å². The summed E-state index contributed by atoms with van der Waals surface area (Å²) in [6.07, 6.45) is 6.85. The fourth-order valence-corrected chi connectivity index (χ4v) is 1.96. The van der Waals surface area contributed by atoms with E-state index < -0.39 is 0 Å². The second-order valence-electron chi connectivity index (χ2n) is 5.18. The summed E-state index contributed by atoms with van der Waals surface area (Å²) >= 11 is 0. The zero-order chi connectivity index (χ0) is 13.8. The van der Waals surface area contributed by atoms with Crippen molar-refractivity contribution in [3.8, 4) is 0 Å². The Kier molecular flexibility index (Phi) is 4.24. The van der Waals surface area contributed by atoms with Gasteiger partial charge in [0.2, 0.25) is 0 Å². The molecule has 0 aliphatic carbocycles. The Hall–Kier alpha value is -1.78. The predicted molar refractivity (Wildman–Crippen MR) is 77.2 cm³/mol. The summed E-state index contributed by atoms with van der Waals surface area (Å²) in [6, 6.07) is 2.89. The van der Waals surface area contributed by atoms with Gasteiger partial charge in [0.1, 0.15) is 0 Å². The van der Waals surface area contributed by atoms with Crippen LogP contribution in [-0.4, -0.2) is 19.6 Å². The molecule has 104 valence electrons. The molecule has 1 atom stereocenters. The molecule has 0 bridgehead atoms. The second kappa shape index (κ2) is 5.91. The lowest BCUT2D eigenvalue weighted by Crippen LogP contribution is -2.12. The van der Waals surface area contributed by atoms with Crippen molar-refractivity contribution in [3.05, 3.63) is 30.4 Å². The van der Waals surface area contributed by atoms with Gasteiger partial charge in [-0.3, -0.25) is 9.36 Å². The summed E-state index contributed by atoms with van der Waals surface area (Å²) in [5, 5.41) is 12.1. The molecule has 2 aromatic rings. The molecule has 2 rings (SSSR count). The van der Waals surface area contributed by atoms with E-state index in [0.29, 0.717) is 12.1 Å². The second-order valence-corrected chi connectivity index (χ2v) is 5.18. The van der Waals surface area contributed by atoms with Crippen LogP contribution in [-0.2, 0) is 6.54 Å². The molecule has 0 saturated carbocycles. The lowest BCUT2D eigenvalue weighted by atomic mass is 10.2. The van der Waals surface area contributed by atoms with E-state index in [0.717, 1.165) is 18.7 Å². The fraction of sp³-hybridized carbons (Fsp3) is 0.571. The van der Waals surface area contributed by atoms with Crippen LogP contribution >= 0.6 is 0 Å². The van der Waals surface area contributed by atoms with Crippen molar-refractivity contribution in [2.24, 2.45) is 0 Å². The van der Waals surface area contributed by atoms with Gasteiger partial charge < -0.3 is 5.32 Å². The van der Waals surface area contributed by atoms with Crippen molar-refractivity contribution < 1.29 is 0 Å². The van der Waals surface area contributed by atoms with Gasteiger partial charge in [0.25, 0.3) is 0 Å². The molecule has 0 spiro atoms. The highest BCUT2D eigenvalue weighted by Crippen LogP contribution is 2.15. The topological polar surface area (TPSA) is 47.7 Å². The summed E-state index contributed by atoms with van der Waals surface area (Å²) in [5.41, 5.74) is 2.25. The molecule has 1 N–H and O–H groups in total. The first-order valence-corrected chi connectivity index (χ1v) is 6.92. The highest BCUT2D eigenvalue weighted by molar-refractivity contribution is 5.38. The number of rotatable bonds is 6. The molecule has 0 radical (unpaired) electrons. The van der Waals surface area contributed by atoms with Gasteiger partial charge in [0.05, 0.1) is 24.1 Å². The van der Waals surface area contributed by atoms with E-state index in [1.807, 2.05) is 23.3 Å². The number of nitrogens with one attached hydrogen (secondary N) is 1. The first kappa shape index (κ1) is 13.6. The van der Waals surface area contributed by atoms with Gasteiger partial charge in [-0.1, -0.05) is 6.92 Å². The maximum absolute atomic E-state index is 4.39. The summed E-state index contributed by atoms with van der Waals surface area (Å²) in [4.78, 5) is 0. The monoisotopic (exact) mass is 261 g/mol. The minimum atomic E-state index is 0.390. The van der Waals surface area contributed by atoms with Crippen molar-refractivity contribution in [1.29, 1.82) is 0 Å². The normalized spacial score (nSPS) is 12.9. The molecule has 0 fully saturated rings. The van der Waals surface area contributed by atoms with E-state index in [-0.39, 0.29) is 0 Å². The minimum Gasteiger partial charge on any atom is -0.377 e. The van der Waals surface area contributed by atoms with Crippen molar-refractivity contribution >= 4 is 5.69 Å². The van der Waals surface area contributed by atoms with Gasteiger partial charge in [-0.15, -0.1) is 0 Å². The van der Waals surface area contributed by atoms with E-state index in [9.17, 15) is 0 Å². The first-order valence-electron chi connectivity index (χ1n) is 6.92. The SMILES string of the molecule is CCC(C)n1nccc1CNc1cnn(C(C)C)c1. The smallest absolute Gasteiger partial charge is 0.0729 e. The molecule has 0 aliphatic rings. The van der Waals surface area contributed by atoms with Crippen molar-refractivity contribution in [2.45, 2.75) is 52.7 Å². The molecule has 5 nitrogen and oxygen atoms in total. The van der Waals surface area contributed by atoms with Gasteiger partial charge in [-0.05, 0) is 33.3 Å². The van der Waals surface area contributed by atoms with Crippen LogP contribution in [0.3, 0.4) is 0 Å². The van der Waals surface area contributed by atoms with Gasteiger partial charge in [0, 0.05) is 24.5 Å². The molecule has 0 aliphatic heterocycles. The lowest BCUT2D eigenvalue weighted by molar-refractivity contribution is 0.462. The number of anilines is 1. The van der Waals surface area contributed by atoms with Crippen LogP contribution in [0.1, 0.15) is 51.9 Å². The quantitative estimate of drug-likeness (QED) is 0.868. The standard InChI is InChI=1S/C14H23N5/c1-5-12(4)19-14(6-7-16-19)9-15-13-8-17-18(10-13)11(2)3/h6-8,10-12,15H,5,9H2,1-4H3. The summed E-state index contributed by atoms with van der Waals surface area (Å²) in [7, 11) is 0. The van der Waals surface area contributed by atoms with Crippen LogP contribution in [0.25, 0.3) is 0 Å². The third-order valence-electron chi connectivity index (χ3n) is 3.36. The summed E-state index contributed by atoms with van der Waals surface area (Å²) < 4.78 is 4.04. The van der Waals surface area contributed by atoms with Crippen molar-refractivity contribution in [2.75, 3.05) is 5.32 Å². The lowest BCUT2D eigenvalue weighted by Gasteiger charge is -2.14. The average Bonchev–Trinajstić information content (AvgIpc) is 3.04. The number of hydrogen-bond acceptors (Lipinski definition) is 3. The molecular formula is C14H23N5. The molecular weight excluding hydrogens is 238 g/mol. The number of hydrogen-bond donors (Lipinski definition) is 1. The Bertz CT molecular complexity index is 511. The molecule has 1 unspecified atom stereocenters. The molecule has 0 amide bonds. The molecule has 0 aromatic carbocycles. The van der Waals surface area contributed by atoms with E-state index in [1.54, 1.807) is 0 Å². The zero-order valence-electron chi connectivity index (χ0n) is 12.2. The fourth-order valence-electron chi connectivity index (χ4n) is 1.96. The summed E-state index contributed by atoms with van der Waals surface area (Å²) in [5.74, 6) is 0. The Morgan fingerprint density at radius 2 is 2.05 bits per heavy atom. The Balaban J connectivity index is 2.00. The Labute approximate surface area is 114 Å². The van der Waals surface area contributed by atoms with Crippen LogP contribution in [0, 0.1) is 0 Å². The van der Waals surface area contributed by atoms with Crippen molar-refractivity contribution in [3.63, 3.8) is 0 Å². The van der Waals surface area contributed by atoms with Crippen LogP contribution in [0.5, 0.6) is 0 Å². The predicted octanol–water partition coefficient (Wildman–Crippen LogP) is 3.24. The third-order valence-corrected chi connectivity index (χ3v) is 3.36. The van der Waals surface area contributed by atoms with Gasteiger partial charge >= 0.3 is 0 Å². The minimum absolute atomic E-state index is 0.390. The third kappa shape index (κ3) is 3.16. The van der Waals surface area contributed by atoms with Crippen molar-refractivity contribution in [1.82, 2.24) is 19.6 Å². The summed E-state index contributed by atoms with van der Waals surface area (Å²) in [6.45, 7) is 9.38. The molecule has 0 saturated heterocycles. The largest absolute Gasteiger partial charge is 0.377 e. The maximum atomic E-state index is 4.39. The number of nitrogens with zero attached hydrogens (tertiary/aromatic N) is 4. The molecule has 5 heteroatoms. The van der Waals surface area contributed by atoms with Crippen LogP contribution in [0.4, 0.5) is 5.69 Å². The molecule has 2 heterocycles. The van der Waals surface area contributed by atoms with E-state index >= 15 is 0 Å².